The fourth-order valence-corrected chi connectivity index (χ4v) is 2.80. The summed E-state index contributed by atoms with van der Waals surface area (Å²) in [5.41, 5.74) is 5.43. The van der Waals surface area contributed by atoms with Crippen molar-refractivity contribution in [3.63, 3.8) is 0 Å². The number of hydrogen-bond donors (Lipinski definition) is 1. The van der Waals surface area contributed by atoms with Crippen LogP contribution in [0.15, 0.2) is 0 Å². The number of nitrogens with zero attached hydrogens (tertiary/aromatic N) is 1. The Hall–Kier alpha value is -0.770. The number of amides is 1. The first-order valence-electron chi connectivity index (χ1n) is 7.55. The number of likely N-dealkylation sites (tertiary alicyclic amines) is 1. The first-order chi connectivity index (χ1) is 8.87. The highest BCUT2D eigenvalue weighted by molar-refractivity contribution is 5.68. The molecule has 1 fully saturated rings. The van der Waals surface area contributed by atoms with Gasteiger partial charge in [-0.2, -0.15) is 0 Å². The Morgan fingerprint density at radius 2 is 2.05 bits per heavy atom. The lowest BCUT2D eigenvalue weighted by atomic mass is 9.85. The molecule has 0 bridgehead atoms. The van der Waals surface area contributed by atoms with Gasteiger partial charge in [-0.15, -0.1) is 0 Å². The lowest BCUT2D eigenvalue weighted by Gasteiger charge is -2.27. The number of ether oxygens (including phenoxy) is 1. The van der Waals surface area contributed by atoms with Gasteiger partial charge in [-0.1, -0.05) is 13.3 Å². The molecule has 1 amide bonds. The van der Waals surface area contributed by atoms with Crippen molar-refractivity contribution in [2.24, 2.45) is 17.6 Å². The average Bonchev–Trinajstić information content (AvgIpc) is 2.54. The van der Waals surface area contributed by atoms with Crippen molar-refractivity contribution in [3.8, 4) is 0 Å². The molecule has 0 saturated carbocycles. The summed E-state index contributed by atoms with van der Waals surface area (Å²) >= 11 is 0. The van der Waals surface area contributed by atoms with Crippen LogP contribution in [0, 0.1) is 11.8 Å². The molecular weight excluding hydrogens is 240 g/mol. The number of carbonyl (C=O) groups is 1. The molecule has 1 saturated heterocycles. The molecule has 2 atom stereocenters. The molecular formula is C15H30N2O2. The van der Waals surface area contributed by atoms with Crippen LogP contribution < -0.4 is 5.73 Å². The summed E-state index contributed by atoms with van der Waals surface area (Å²) in [5, 5.41) is 0. The van der Waals surface area contributed by atoms with Crippen molar-refractivity contribution in [1.82, 2.24) is 4.90 Å². The third-order valence-electron chi connectivity index (χ3n) is 3.92. The maximum absolute atomic E-state index is 12.1. The zero-order chi connectivity index (χ0) is 14.5. The Bertz CT molecular complexity index is 282. The van der Waals surface area contributed by atoms with E-state index >= 15 is 0 Å². The third kappa shape index (κ3) is 5.39. The summed E-state index contributed by atoms with van der Waals surface area (Å²) in [6, 6.07) is 0. The van der Waals surface area contributed by atoms with E-state index in [1.807, 2.05) is 25.7 Å². The Morgan fingerprint density at radius 3 is 2.58 bits per heavy atom. The molecule has 1 rings (SSSR count). The molecule has 0 aromatic carbocycles. The van der Waals surface area contributed by atoms with E-state index in [4.69, 9.17) is 10.5 Å². The van der Waals surface area contributed by atoms with E-state index < -0.39 is 5.60 Å². The van der Waals surface area contributed by atoms with Crippen molar-refractivity contribution in [3.05, 3.63) is 0 Å². The van der Waals surface area contributed by atoms with Gasteiger partial charge in [0.25, 0.3) is 0 Å². The minimum Gasteiger partial charge on any atom is -0.444 e. The third-order valence-corrected chi connectivity index (χ3v) is 3.92. The second-order valence-electron chi connectivity index (χ2n) is 6.56. The summed E-state index contributed by atoms with van der Waals surface area (Å²) in [6.07, 6.45) is 4.24. The van der Waals surface area contributed by atoms with Crippen LogP contribution in [-0.4, -0.2) is 36.2 Å². The molecule has 0 aliphatic carbocycles. The first kappa shape index (κ1) is 16.3. The van der Waals surface area contributed by atoms with Crippen molar-refractivity contribution >= 4 is 6.09 Å². The van der Waals surface area contributed by atoms with Gasteiger partial charge in [-0.3, -0.25) is 0 Å². The fourth-order valence-electron chi connectivity index (χ4n) is 2.80. The van der Waals surface area contributed by atoms with Crippen LogP contribution in [0.4, 0.5) is 4.79 Å². The minimum atomic E-state index is -0.411. The zero-order valence-corrected chi connectivity index (χ0v) is 12.9. The topological polar surface area (TPSA) is 55.6 Å². The molecule has 0 aromatic rings. The van der Waals surface area contributed by atoms with Gasteiger partial charge < -0.3 is 15.4 Å². The molecule has 19 heavy (non-hydrogen) atoms. The summed E-state index contributed by atoms with van der Waals surface area (Å²) in [4.78, 5) is 13.9. The molecule has 1 heterocycles. The monoisotopic (exact) mass is 270 g/mol. The van der Waals surface area contributed by atoms with Gasteiger partial charge in [0.2, 0.25) is 0 Å². The van der Waals surface area contributed by atoms with Crippen LogP contribution in [-0.2, 0) is 4.74 Å². The van der Waals surface area contributed by atoms with E-state index in [2.05, 4.69) is 6.92 Å². The molecule has 112 valence electrons. The molecule has 2 unspecified atom stereocenters. The van der Waals surface area contributed by atoms with Gasteiger partial charge in [0.15, 0.2) is 0 Å². The van der Waals surface area contributed by atoms with E-state index in [9.17, 15) is 4.79 Å². The Kier molecular flexibility index (Phi) is 6.11. The number of nitrogens with two attached hydrogens (primary N) is 1. The second kappa shape index (κ2) is 7.13. The fraction of sp³-hybridized carbons (Fsp3) is 0.933. The largest absolute Gasteiger partial charge is 0.444 e. The highest BCUT2D eigenvalue weighted by Gasteiger charge is 2.27. The first-order valence-corrected chi connectivity index (χ1v) is 7.55. The zero-order valence-electron chi connectivity index (χ0n) is 12.9. The minimum absolute atomic E-state index is 0.172. The van der Waals surface area contributed by atoms with Crippen LogP contribution in [0.5, 0.6) is 0 Å². The van der Waals surface area contributed by atoms with Gasteiger partial charge in [-0.05, 0) is 58.4 Å². The quantitative estimate of drug-likeness (QED) is 0.857. The van der Waals surface area contributed by atoms with Crippen molar-refractivity contribution in [2.45, 2.75) is 59.0 Å². The van der Waals surface area contributed by atoms with Gasteiger partial charge in [0, 0.05) is 13.1 Å². The molecule has 0 aromatic heterocycles. The predicted molar refractivity (Wildman–Crippen MR) is 78.0 cm³/mol. The smallest absolute Gasteiger partial charge is 0.410 e. The highest BCUT2D eigenvalue weighted by Crippen LogP contribution is 2.27. The van der Waals surface area contributed by atoms with E-state index in [0.29, 0.717) is 11.8 Å². The van der Waals surface area contributed by atoms with E-state index in [0.717, 1.165) is 38.9 Å². The highest BCUT2D eigenvalue weighted by atomic mass is 16.6. The molecule has 1 aliphatic rings. The summed E-state index contributed by atoms with van der Waals surface area (Å²) in [5.74, 6) is 1.25. The lowest BCUT2D eigenvalue weighted by molar-refractivity contribution is 0.0254. The van der Waals surface area contributed by atoms with E-state index in [1.54, 1.807) is 0 Å². The van der Waals surface area contributed by atoms with Crippen LogP contribution in [0.25, 0.3) is 0 Å². The number of hydrogen-bond acceptors (Lipinski definition) is 3. The van der Waals surface area contributed by atoms with Gasteiger partial charge in [0.05, 0.1) is 0 Å². The Morgan fingerprint density at radius 1 is 1.37 bits per heavy atom. The van der Waals surface area contributed by atoms with Crippen molar-refractivity contribution in [1.29, 1.82) is 0 Å². The van der Waals surface area contributed by atoms with Crippen LogP contribution >= 0.6 is 0 Å². The number of carbonyl (C=O) groups excluding carboxylic acids is 1. The molecule has 0 spiro atoms. The average molecular weight is 270 g/mol. The standard InChI is InChI=1S/C15H30N2O2/c1-5-12(11-16)13-7-6-9-17(10-8-13)14(18)19-15(2,3)4/h12-13H,5-11,16H2,1-4H3. The van der Waals surface area contributed by atoms with Gasteiger partial charge in [-0.25, -0.2) is 4.79 Å². The van der Waals surface area contributed by atoms with E-state index in [-0.39, 0.29) is 6.09 Å². The van der Waals surface area contributed by atoms with Crippen LogP contribution in [0.1, 0.15) is 53.4 Å². The molecule has 4 nitrogen and oxygen atoms in total. The molecule has 4 heteroatoms. The van der Waals surface area contributed by atoms with Gasteiger partial charge >= 0.3 is 6.09 Å². The SMILES string of the molecule is CCC(CN)C1CCCN(C(=O)OC(C)(C)C)CC1. The van der Waals surface area contributed by atoms with Crippen molar-refractivity contribution < 1.29 is 9.53 Å². The molecule has 0 radical (unpaired) electrons. The predicted octanol–water partition coefficient (Wildman–Crippen LogP) is 3.01. The molecule has 2 N–H and O–H groups in total. The number of rotatable bonds is 3. The Labute approximate surface area is 117 Å². The Balaban J connectivity index is 2.52. The summed E-state index contributed by atoms with van der Waals surface area (Å²) < 4.78 is 5.44. The maximum atomic E-state index is 12.1. The summed E-state index contributed by atoms with van der Waals surface area (Å²) in [7, 11) is 0. The molecule has 1 aliphatic heterocycles. The second-order valence-corrected chi connectivity index (χ2v) is 6.56. The van der Waals surface area contributed by atoms with Crippen molar-refractivity contribution in [2.75, 3.05) is 19.6 Å². The normalized spacial score (nSPS) is 22.8. The van der Waals surface area contributed by atoms with E-state index in [1.165, 1.54) is 6.42 Å². The maximum Gasteiger partial charge on any atom is 0.410 e. The van der Waals surface area contributed by atoms with Crippen LogP contribution in [0.2, 0.25) is 0 Å². The lowest BCUT2D eigenvalue weighted by Crippen LogP contribution is -2.37. The summed E-state index contributed by atoms with van der Waals surface area (Å²) in [6.45, 7) is 10.3. The van der Waals surface area contributed by atoms with Crippen LogP contribution in [0.3, 0.4) is 0 Å². The van der Waals surface area contributed by atoms with Gasteiger partial charge in [0.1, 0.15) is 5.60 Å².